The van der Waals surface area contributed by atoms with Crippen molar-refractivity contribution in [1.29, 1.82) is 0 Å². The molecule has 0 saturated heterocycles. The van der Waals surface area contributed by atoms with Gasteiger partial charge in [-0.2, -0.15) is 0 Å². The Hall–Kier alpha value is -0.690. The van der Waals surface area contributed by atoms with Gasteiger partial charge in [0.2, 0.25) is 10.0 Å². The molecule has 1 aromatic carbocycles. The number of aliphatic hydroxyl groups is 1. The lowest BCUT2D eigenvalue weighted by Gasteiger charge is -2.07. The van der Waals surface area contributed by atoms with E-state index in [1.807, 2.05) is 31.2 Å². The first kappa shape index (κ1) is 16.4. The molecule has 1 rings (SSSR count). The Morgan fingerprint density at radius 2 is 2.21 bits per heavy atom. The average molecular weight is 348 g/mol. The molecule has 0 aliphatic rings. The second-order valence-corrected chi connectivity index (χ2v) is 6.71. The molecular weight excluding hydrogens is 330 g/mol. The summed E-state index contributed by atoms with van der Waals surface area (Å²) in [4.78, 5) is 0. The summed E-state index contributed by atoms with van der Waals surface area (Å²) in [7, 11) is -3.45. The van der Waals surface area contributed by atoms with Crippen molar-refractivity contribution in [2.24, 2.45) is 0 Å². The fraction of sp³-hybridized carbons (Fsp3) is 0.385. The molecule has 0 radical (unpaired) electrons. The number of aliphatic hydroxyl groups excluding tert-OH is 1. The number of sulfonamides is 1. The van der Waals surface area contributed by atoms with E-state index in [9.17, 15) is 13.5 Å². The van der Waals surface area contributed by atoms with Crippen molar-refractivity contribution < 1.29 is 13.5 Å². The van der Waals surface area contributed by atoms with Gasteiger partial charge in [-0.05, 0) is 36.6 Å². The van der Waals surface area contributed by atoms with E-state index in [2.05, 4.69) is 20.7 Å². The highest BCUT2D eigenvalue weighted by molar-refractivity contribution is 9.10. The van der Waals surface area contributed by atoms with Gasteiger partial charge in [-0.3, -0.25) is 0 Å². The van der Waals surface area contributed by atoms with Crippen molar-refractivity contribution in [2.45, 2.75) is 25.9 Å². The summed E-state index contributed by atoms with van der Waals surface area (Å²) in [5.41, 5.74) is 0.799. The van der Waals surface area contributed by atoms with Crippen LogP contribution >= 0.6 is 15.9 Å². The molecular formula is C13H18BrNO3S. The topological polar surface area (TPSA) is 66.4 Å². The molecule has 4 nitrogen and oxygen atoms in total. The van der Waals surface area contributed by atoms with Crippen LogP contribution in [0.1, 0.15) is 25.3 Å². The van der Waals surface area contributed by atoms with Crippen molar-refractivity contribution >= 4 is 32.0 Å². The van der Waals surface area contributed by atoms with Gasteiger partial charge in [0.05, 0.1) is 6.10 Å². The van der Waals surface area contributed by atoms with Gasteiger partial charge in [-0.1, -0.05) is 35.0 Å². The summed E-state index contributed by atoms with van der Waals surface area (Å²) in [6.07, 6.45) is 2.11. The molecule has 2 N–H and O–H groups in total. The molecule has 0 aliphatic carbocycles. The number of hydrogen-bond donors (Lipinski definition) is 2. The first-order chi connectivity index (χ1) is 8.93. The summed E-state index contributed by atoms with van der Waals surface area (Å²) in [6, 6.07) is 7.35. The molecule has 0 bridgehead atoms. The molecule has 1 atom stereocenters. The monoisotopic (exact) mass is 347 g/mol. The Morgan fingerprint density at radius 1 is 1.47 bits per heavy atom. The van der Waals surface area contributed by atoms with Crippen LogP contribution in [-0.4, -0.2) is 26.2 Å². The molecule has 6 heteroatoms. The van der Waals surface area contributed by atoms with Gasteiger partial charge < -0.3 is 5.11 Å². The lowest BCUT2D eigenvalue weighted by molar-refractivity contribution is 0.162. The molecule has 0 aromatic heterocycles. The molecule has 0 aliphatic heterocycles. The van der Waals surface area contributed by atoms with Crippen LogP contribution in [-0.2, 0) is 10.0 Å². The van der Waals surface area contributed by atoms with E-state index in [0.29, 0.717) is 12.8 Å². The minimum atomic E-state index is -3.45. The highest BCUT2D eigenvalue weighted by Crippen LogP contribution is 2.13. The molecule has 0 fully saturated rings. The maximum atomic E-state index is 11.7. The summed E-state index contributed by atoms with van der Waals surface area (Å²) in [5, 5.41) is 10.5. The molecule has 0 spiro atoms. The second kappa shape index (κ2) is 7.79. The Morgan fingerprint density at radius 3 is 2.84 bits per heavy atom. The van der Waals surface area contributed by atoms with Crippen LogP contribution < -0.4 is 4.72 Å². The molecule has 0 heterocycles. The highest BCUT2D eigenvalue weighted by atomic mass is 79.9. The van der Waals surface area contributed by atoms with E-state index in [-0.39, 0.29) is 6.54 Å². The molecule has 0 saturated carbocycles. The van der Waals surface area contributed by atoms with Crippen LogP contribution in [0.15, 0.2) is 34.1 Å². The van der Waals surface area contributed by atoms with Crippen LogP contribution in [0, 0.1) is 0 Å². The van der Waals surface area contributed by atoms with E-state index in [4.69, 9.17) is 0 Å². The third-order valence-corrected chi connectivity index (χ3v) is 4.13. The first-order valence-corrected chi connectivity index (χ1v) is 8.38. The quantitative estimate of drug-likeness (QED) is 0.796. The van der Waals surface area contributed by atoms with Gasteiger partial charge in [0, 0.05) is 16.4 Å². The van der Waals surface area contributed by atoms with E-state index in [1.165, 1.54) is 6.08 Å². The van der Waals surface area contributed by atoms with Gasteiger partial charge in [0.25, 0.3) is 0 Å². The van der Waals surface area contributed by atoms with Crippen molar-refractivity contribution in [3.05, 3.63) is 39.7 Å². The number of benzene rings is 1. The van der Waals surface area contributed by atoms with Crippen LogP contribution in [0.4, 0.5) is 0 Å². The first-order valence-electron chi connectivity index (χ1n) is 6.04. The lowest BCUT2D eigenvalue weighted by Crippen LogP contribution is -2.25. The summed E-state index contributed by atoms with van der Waals surface area (Å²) in [6.45, 7) is 2.09. The van der Waals surface area contributed by atoms with E-state index >= 15 is 0 Å². The smallest absolute Gasteiger partial charge is 0.233 e. The maximum Gasteiger partial charge on any atom is 0.233 e. The predicted octanol–water partition coefficient (Wildman–Crippen LogP) is 2.50. The van der Waals surface area contributed by atoms with Gasteiger partial charge in [-0.25, -0.2) is 13.1 Å². The Kier molecular flexibility index (Phi) is 6.71. The van der Waals surface area contributed by atoms with E-state index in [0.717, 1.165) is 15.4 Å². The van der Waals surface area contributed by atoms with Gasteiger partial charge >= 0.3 is 0 Å². The number of nitrogens with one attached hydrogen (secondary N) is 1. The minimum Gasteiger partial charge on any atom is -0.393 e. The number of halogens is 1. The van der Waals surface area contributed by atoms with Crippen LogP contribution in [0.25, 0.3) is 6.08 Å². The standard InChI is InChI=1S/C13H18BrNO3S/c1-2-13(16)6-8-15-19(17,18)9-7-11-4-3-5-12(14)10-11/h3-5,7,9-10,13,15-16H,2,6,8H2,1H3/b9-7+. The van der Waals surface area contributed by atoms with Crippen molar-refractivity contribution in [2.75, 3.05) is 6.54 Å². The fourth-order valence-electron chi connectivity index (χ4n) is 1.40. The molecule has 19 heavy (non-hydrogen) atoms. The summed E-state index contributed by atoms with van der Waals surface area (Å²) < 4.78 is 26.7. The third-order valence-electron chi connectivity index (χ3n) is 2.54. The van der Waals surface area contributed by atoms with Crippen molar-refractivity contribution in [3.63, 3.8) is 0 Å². The molecule has 106 valence electrons. The zero-order chi connectivity index (χ0) is 14.3. The summed E-state index contributed by atoms with van der Waals surface area (Å²) >= 11 is 3.32. The maximum absolute atomic E-state index is 11.7. The van der Waals surface area contributed by atoms with E-state index in [1.54, 1.807) is 0 Å². The SMILES string of the molecule is CCC(O)CCNS(=O)(=O)/C=C/c1cccc(Br)c1. The third kappa shape index (κ3) is 6.87. The number of rotatable bonds is 7. The fourth-order valence-corrected chi connectivity index (χ4v) is 2.65. The van der Waals surface area contributed by atoms with Crippen molar-refractivity contribution in [3.8, 4) is 0 Å². The second-order valence-electron chi connectivity index (χ2n) is 4.15. The minimum absolute atomic E-state index is 0.236. The van der Waals surface area contributed by atoms with Crippen molar-refractivity contribution in [1.82, 2.24) is 4.72 Å². The largest absolute Gasteiger partial charge is 0.393 e. The molecule has 1 unspecified atom stereocenters. The van der Waals surface area contributed by atoms with Crippen LogP contribution in [0.2, 0.25) is 0 Å². The molecule has 1 aromatic rings. The average Bonchev–Trinajstić information content (AvgIpc) is 2.36. The normalized spacial score (nSPS) is 13.8. The highest BCUT2D eigenvalue weighted by Gasteiger charge is 2.06. The molecule has 0 amide bonds. The Bertz CT molecular complexity index is 528. The Balaban J connectivity index is 2.54. The van der Waals surface area contributed by atoms with Gasteiger partial charge in [0.15, 0.2) is 0 Å². The predicted molar refractivity (Wildman–Crippen MR) is 81.0 cm³/mol. The van der Waals surface area contributed by atoms with Crippen LogP contribution in [0.3, 0.4) is 0 Å². The lowest BCUT2D eigenvalue weighted by atomic mass is 10.2. The van der Waals surface area contributed by atoms with Gasteiger partial charge in [0.1, 0.15) is 0 Å². The zero-order valence-electron chi connectivity index (χ0n) is 10.7. The number of hydrogen-bond acceptors (Lipinski definition) is 3. The summed E-state index contributed by atoms with van der Waals surface area (Å²) in [5.74, 6) is 0. The van der Waals surface area contributed by atoms with E-state index < -0.39 is 16.1 Å². The van der Waals surface area contributed by atoms with Crippen LogP contribution in [0.5, 0.6) is 0 Å². The van der Waals surface area contributed by atoms with Gasteiger partial charge in [-0.15, -0.1) is 0 Å². The Labute approximate surface area is 122 Å². The zero-order valence-corrected chi connectivity index (χ0v) is 13.1.